The predicted molar refractivity (Wildman–Crippen MR) is 163 cm³/mol. The van der Waals surface area contributed by atoms with E-state index >= 15 is 8.78 Å². The maximum atomic E-state index is 15.8. The third-order valence-electron chi connectivity index (χ3n) is 8.04. The summed E-state index contributed by atoms with van der Waals surface area (Å²) in [5, 5.41) is 11.0. The Hall–Kier alpha value is -3.31. The van der Waals surface area contributed by atoms with Gasteiger partial charge in [0.05, 0.1) is 36.4 Å². The molecule has 0 spiro atoms. The minimum absolute atomic E-state index is 0.0733. The fourth-order valence-electron chi connectivity index (χ4n) is 6.26. The van der Waals surface area contributed by atoms with Crippen LogP contribution in [0.1, 0.15) is 66.7 Å². The zero-order valence-electron chi connectivity index (χ0n) is 24.6. The number of Topliss-reactive ketones (excluding diaryl/α,β-unsaturated/α-hetero) is 1. The van der Waals surface area contributed by atoms with Crippen LogP contribution in [-0.2, 0) is 21.4 Å². The number of halogens is 4. The summed E-state index contributed by atoms with van der Waals surface area (Å²) in [5.74, 6) is -2.38. The van der Waals surface area contributed by atoms with E-state index in [2.05, 4.69) is 6.07 Å². The summed E-state index contributed by atoms with van der Waals surface area (Å²) in [4.78, 5) is 27.0. The van der Waals surface area contributed by atoms with Crippen LogP contribution < -0.4 is 0 Å². The SMILES string of the molecule is COC(=O)c1ccc(CCC(=O)CN2C[C@@H](CC(C)(C)C)[C@](C#N)(c3ccc(Cl)cc3F)[C@H]2c2cccc(Cl)c2F)cc1. The first-order chi connectivity index (χ1) is 20.3. The Morgan fingerprint density at radius 1 is 1.09 bits per heavy atom. The van der Waals surface area contributed by atoms with E-state index in [0.29, 0.717) is 18.4 Å². The monoisotopic (exact) mass is 626 g/mol. The lowest BCUT2D eigenvalue weighted by Gasteiger charge is -2.38. The summed E-state index contributed by atoms with van der Waals surface area (Å²) in [7, 11) is 1.31. The molecule has 3 aromatic carbocycles. The molecule has 5 nitrogen and oxygen atoms in total. The Balaban J connectivity index is 1.74. The number of hydrogen-bond acceptors (Lipinski definition) is 5. The summed E-state index contributed by atoms with van der Waals surface area (Å²) in [5.41, 5.74) is -0.293. The molecule has 0 amide bonds. The Morgan fingerprint density at radius 3 is 2.40 bits per heavy atom. The van der Waals surface area contributed by atoms with Gasteiger partial charge in [-0.3, -0.25) is 9.69 Å². The fourth-order valence-corrected chi connectivity index (χ4v) is 6.60. The van der Waals surface area contributed by atoms with Crippen molar-refractivity contribution in [2.75, 3.05) is 20.2 Å². The van der Waals surface area contributed by atoms with Crippen LogP contribution in [0.4, 0.5) is 8.78 Å². The molecular formula is C34H34Cl2F2N2O3. The number of ether oxygens (including phenoxy) is 1. The van der Waals surface area contributed by atoms with Crippen LogP contribution in [0.3, 0.4) is 0 Å². The largest absolute Gasteiger partial charge is 0.465 e. The van der Waals surface area contributed by atoms with Crippen molar-refractivity contribution in [2.45, 2.75) is 51.5 Å². The van der Waals surface area contributed by atoms with Crippen LogP contribution in [0, 0.1) is 34.3 Å². The van der Waals surface area contributed by atoms with Crippen LogP contribution in [0.2, 0.25) is 10.0 Å². The fraction of sp³-hybridized carbons (Fsp3) is 0.382. The van der Waals surface area contributed by atoms with Crippen LogP contribution in [-0.4, -0.2) is 36.9 Å². The molecule has 0 unspecified atom stereocenters. The van der Waals surface area contributed by atoms with Gasteiger partial charge in [-0.25, -0.2) is 13.6 Å². The van der Waals surface area contributed by atoms with Gasteiger partial charge in [-0.2, -0.15) is 5.26 Å². The van der Waals surface area contributed by atoms with E-state index in [0.717, 1.165) is 11.6 Å². The van der Waals surface area contributed by atoms with E-state index in [1.165, 1.54) is 25.3 Å². The second kappa shape index (κ2) is 13.1. The number of nitriles is 1. The number of ketones is 1. The summed E-state index contributed by atoms with van der Waals surface area (Å²) in [6.07, 6.45) is 1.11. The predicted octanol–water partition coefficient (Wildman–Crippen LogP) is 8.13. The molecular weight excluding hydrogens is 593 g/mol. The molecule has 1 fully saturated rings. The van der Waals surface area contributed by atoms with Crippen LogP contribution >= 0.6 is 23.2 Å². The smallest absolute Gasteiger partial charge is 0.337 e. The molecule has 0 N–H and O–H groups in total. The molecule has 1 aliphatic rings. The molecule has 3 atom stereocenters. The van der Waals surface area contributed by atoms with Crippen molar-refractivity contribution >= 4 is 35.0 Å². The topological polar surface area (TPSA) is 70.4 Å². The average molecular weight is 628 g/mol. The van der Waals surface area contributed by atoms with Gasteiger partial charge in [0.1, 0.15) is 22.8 Å². The molecule has 1 saturated heterocycles. The first-order valence-corrected chi connectivity index (χ1v) is 14.8. The minimum Gasteiger partial charge on any atom is -0.465 e. The molecule has 1 heterocycles. The van der Waals surface area contributed by atoms with E-state index in [1.807, 2.05) is 20.8 Å². The highest BCUT2D eigenvalue weighted by molar-refractivity contribution is 6.31. The molecule has 4 rings (SSSR count). The number of aryl methyl sites for hydroxylation is 1. The number of benzene rings is 3. The molecule has 0 bridgehead atoms. The molecule has 0 aromatic heterocycles. The lowest BCUT2D eigenvalue weighted by atomic mass is 9.63. The van der Waals surface area contributed by atoms with Gasteiger partial charge >= 0.3 is 5.97 Å². The van der Waals surface area contributed by atoms with Gasteiger partial charge in [-0.15, -0.1) is 0 Å². The van der Waals surface area contributed by atoms with Gasteiger partial charge in [-0.1, -0.05) is 74.3 Å². The van der Waals surface area contributed by atoms with Gasteiger partial charge in [0, 0.05) is 29.1 Å². The van der Waals surface area contributed by atoms with Crippen molar-refractivity contribution in [1.29, 1.82) is 5.26 Å². The third kappa shape index (κ3) is 6.93. The number of nitrogens with zero attached hydrogens (tertiary/aromatic N) is 2. The van der Waals surface area contributed by atoms with E-state index in [9.17, 15) is 14.9 Å². The molecule has 0 saturated carbocycles. The second-order valence-corrected chi connectivity index (χ2v) is 13.1. The third-order valence-corrected chi connectivity index (χ3v) is 8.57. The molecule has 1 aliphatic heterocycles. The summed E-state index contributed by atoms with van der Waals surface area (Å²) in [6.45, 7) is 6.28. The standard InChI is InChI=1S/C34H34Cl2F2N2O3/c1-33(2,3)17-23-18-40(19-25(41)14-10-21-8-11-22(12-9-21)32(42)43-4)31(26-6-5-7-28(36)30(26)38)34(23,20-39)27-15-13-24(35)16-29(27)37/h5-9,11-13,15-16,23,31H,10,14,17-19H2,1-4H3/t23-,31-,34-/m1/s1. The summed E-state index contributed by atoms with van der Waals surface area (Å²) >= 11 is 12.3. The van der Waals surface area contributed by atoms with Gasteiger partial charge in [0.15, 0.2) is 0 Å². The van der Waals surface area contributed by atoms with Crippen molar-refractivity contribution in [3.63, 3.8) is 0 Å². The highest BCUT2D eigenvalue weighted by atomic mass is 35.5. The first-order valence-electron chi connectivity index (χ1n) is 14.0. The van der Waals surface area contributed by atoms with E-state index in [4.69, 9.17) is 27.9 Å². The van der Waals surface area contributed by atoms with Crippen molar-refractivity contribution in [3.8, 4) is 6.07 Å². The number of hydrogen-bond donors (Lipinski definition) is 0. The summed E-state index contributed by atoms with van der Waals surface area (Å²) < 4.78 is 36.2. The Labute approximate surface area is 261 Å². The van der Waals surface area contributed by atoms with E-state index < -0.39 is 35.0 Å². The maximum absolute atomic E-state index is 15.8. The normalized spacial score (nSPS) is 20.5. The lowest BCUT2D eigenvalue weighted by molar-refractivity contribution is -0.120. The zero-order chi connectivity index (χ0) is 31.5. The van der Waals surface area contributed by atoms with Gasteiger partial charge in [0.25, 0.3) is 0 Å². The Morgan fingerprint density at radius 2 is 1.79 bits per heavy atom. The van der Waals surface area contributed by atoms with E-state index in [-0.39, 0.29) is 51.9 Å². The molecule has 0 radical (unpaired) electrons. The quantitative estimate of drug-likeness (QED) is 0.224. The van der Waals surface area contributed by atoms with Crippen LogP contribution in [0.15, 0.2) is 60.7 Å². The molecule has 43 heavy (non-hydrogen) atoms. The number of rotatable bonds is 9. The van der Waals surface area contributed by atoms with Crippen molar-refractivity contribution in [1.82, 2.24) is 4.90 Å². The van der Waals surface area contributed by atoms with Crippen molar-refractivity contribution in [3.05, 3.63) is 105 Å². The molecule has 9 heteroatoms. The number of carbonyl (C=O) groups excluding carboxylic acids is 2. The Bertz CT molecular complexity index is 1550. The highest BCUT2D eigenvalue weighted by Gasteiger charge is 2.58. The maximum Gasteiger partial charge on any atom is 0.337 e. The minimum atomic E-state index is -1.54. The van der Waals surface area contributed by atoms with Crippen molar-refractivity contribution < 1.29 is 23.1 Å². The Kier molecular flexibility index (Phi) is 9.96. The van der Waals surface area contributed by atoms with Crippen molar-refractivity contribution in [2.24, 2.45) is 11.3 Å². The number of carbonyl (C=O) groups is 2. The van der Waals surface area contributed by atoms with Gasteiger partial charge < -0.3 is 4.74 Å². The molecule has 3 aromatic rings. The lowest BCUT2D eigenvalue weighted by Crippen LogP contribution is -2.40. The number of esters is 1. The molecule has 0 aliphatic carbocycles. The zero-order valence-corrected chi connectivity index (χ0v) is 26.1. The molecule has 226 valence electrons. The average Bonchev–Trinajstić information content (AvgIpc) is 3.24. The first kappa shape index (κ1) is 32.6. The highest BCUT2D eigenvalue weighted by Crippen LogP contribution is 2.56. The van der Waals surface area contributed by atoms with Gasteiger partial charge in [-0.05, 0) is 60.1 Å². The number of methoxy groups -OCH3 is 1. The van der Waals surface area contributed by atoms with Crippen LogP contribution in [0.5, 0.6) is 0 Å². The summed E-state index contributed by atoms with van der Waals surface area (Å²) in [6, 6.07) is 17.0. The van der Waals surface area contributed by atoms with Gasteiger partial charge in [0.2, 0.25) is 0 Å². The van der Waals surface area contributed by atoms with Crippen LogP contribution in [0.25, 0.3) is 0 Å². The number of likely N-dealkylation sites (tertiary alicyclic amines) is 1. The second-order valence-electron chi connectivity index (χ2n) is 12.3. The van der Waals surface area contributed by atoms with E-state index in [1.54, 1.807) is 41.3 Å².